The maximum absolute atomic E-state index is 5.90. The molecular formula is C14H18BrN3O. The van der Waals surface area contributed by atoms with Crippen LogP contribution in [0.3, 0.4) is 0 Å². The number of nitrogens with one attached hydrogen (secondary N) is 1. The summed E-state index contributed by atoms with van der Waals surface area (Å²) in [7, 11) is 1.90. The van der Waals surface area contributed by atoms with Gasteiger partial charge in [-0.1, -0.05) is 19.1 Å². The summed E-state index contributed by atoms with van der Waals surface area (Å²) < 4.78 is 8.65. The average Bonchev–Trinajstić information content (AvgIpc) is 2.81. The molecule has 5 heteroatoms. The first-order chi connectivity index (χ1) is 9.20. The molecule has 102 valence electrons. The summed E-state index contributed by atoms with van der Waals surface area (Å²) in [4.78, 5) is 0. The average molecular weight is 324 g/mol. The normalized spacial score (nSPS) is 10.7. The number of halogens is 1. The zero-order valence-corrected chi connectivity index (χ0v) is 12.8. The number of rotatable bonds is 6. The lowest BCUT2D eigenvalue weighted by Gasteiger charge is -2.12. The van der Waals surface area contributed by atoms with E-state index in [0.717, 1.165) is 34.6 Å². The maximum Gasteiger partial charge on any atom is 0.138 e. The number of nitrogens with zero attached hydrogens (tertiary/aromatic N) is 2. The molecule has 0 aliphatic carbocycles. The SMILES string of the molecule is CCNCc1cccc(Br)c1OCc1ccn(C)n1. The van der Waals surface area contributed by atoms with Crippen LogP contribution in [0, 0.1) is 0 Å². The van der Waals surface area contributed by atoms with E-state index in [2.05, 4.69) is 39.3 Å². The van der Waals surface area contributed by atoms with Crippen LogP contribution in [0.5, 0.6) is 5.75 Å². The molecule has 2 rings (SSSR count). The molecule has 0 radical (unpaired) electrons. The van der Waals surface area contributed by atoms with Gasteiger partial charge in [-0.05, 0) is 34.6 Å². The van der Waals surface area contributed by atoms with Crippen LogP contribution >= 0.6 is 15.9 Å². The Hall–Kier alpha value is -1.33. The summed E-state index contributed by atoms with van der Waals surface area (Å²) in [6, 6.07) is 8.04. The minimum absolute atomic E-state index is 0.475. The number of hydrogen-bond donors (Lipinski definition) is 1. The number of benzene rings is 1. The highest BCUT2D eigenvalue weighted by atomic mass is 79.9. The molecule has 0 amide bonds. The number of para-hydroxylation sites is 1. The molecule has 19 heavy (non-hydrogen) atoms. The van der Waals surface area contributed by atoms with Crippen LogP contribution in [0.25, 0.3) is 0 Å². The van der Waals surface area contributed by atoms with E-state index >= 15 is 0 Å². The topological polar surface area (TPSA) is 39.1 Å². The first-order valence-corrected chi connectivity index (χ1v) is 7.09. The summed E-state index contributed by atoms with van der Waals surface area (Å²) in [5, 5.41) is 7.62. The highest BCUT2D eigenvalue weighted by Gasteiger charge is 2.08. The highest BCUT2D eigenvalue weighted by molar-refractivity contribution is 9.10. The third kappa shape index (κ3) is 3.81. The summed E-state index contributed by atoms with van der Waals surface area (Å²) in [5.74, 6) is 0.883. The standard InChI is InChI=1S/C14H18BrN3O/c1-3-16-9-11-5-4-6-13(15)14(11)19-10-12-7-8-18(2)17-12/h4-8,16H,3,9-10H2,1-2H3. The van der Waals surface area contributed by atoms with Gasteiger partial charge in [0.15, 0.2) is 0 Å². The maximum atomic E-state index is 5.90. The van der Waals surface area contributed by atoms with Crippen LogP contribution in [0.15, 0.2) is 34.9 Å². The summed E-state index contributed by atoms with van der Waals surface area (Å²) in [6.45, 7) is 4.30. The monoisotopic (exact) mass is 323 g/mol. The van der Waals surface area contributed by atoms with Gasteiger partial charge in [-0.2, -0.15) is 5.10 Å². The Morgan fingerprint density at radius 2 is 2.21 bits per heavy atom. The van der Waals surface area contributed by atoms with Gasteiger partial charge in [0.05, 0.1) is 10.2 Å². The summed E-state index contributed by atoms with van der Waals surface area (Å²) in [6.07, 6.45) is 1.91. The second kappa shape index (κ2) is 6.73. The predicted octanol–water partition coefficient (Wildman–Crippen LogP) is 2.87. The third-order valence-electron chi connectivity index (χ3n) is 2.75. The van der Waals surface area contributed by atoms with Crippen molar-refractivity contribution < 1.29 is 4.74 Å². The largest absolute Gasteiger partial charge is 0.486 e. The van der Waals surface area contributed by atoms with E-state index in [1.807, 2.05) is 31.4 Å². The van der Waals surface area contributed by atoms with Crippen molar-refractivity contribution in [1.29, 1.82) is 0 Å². The van der Waals surface area contributed by atoms with Crippen LogP contribution in [0.4, 0.5) is 0 Å². The van der Waals surface area contributed by atoms with Gasteiger partial charge in [-0.3, -0.25) is 4.68 Å². The highest BCUT2D eigenvalue weighted by Crippen LogP contribution is 2.29. The van der Waals surface area contributed by atoms with Crippen LogP contribution in [-0.4, -0.2) is 16.3 Å². The molecule has 1 aromatic carbocycles. The molecule has 1 heterocycles. The van der Waals surface area contributed by atoms with Gasteiger partial charge in [-0.25, -0.2) is 0 Å². The predicted molar refractivity (Wildman–Crippen MR) is 79.1 cm³/mol. The molecule has 0 saturated heterocycles. The lowest BCUT2D eigenvalue weighted by atomic mass is 10.2. The number of hydrogen-bond acceptors (Lipinski definition) is 3. The van der Waals surface area contributed by atoms with Crippen molar-refractivity contribution in [1.82, 2.24) is 15.1 Å². The van der Waals surface area contributed by atoms with Crippen molar-refractivity contribution in [2.45, 2.75) is 20.1 Å². The fourth-order valence-corrected chi connectivity index (χ4v) is 2.32. The van der Waals surface area contributed by atoms with E-state index in [1.54, 1.807) is 4.68 Å². The Balaban J connectivity index is 2.09. The van der Waals surface area contributed by atoms with Crippen molar-refractivity contribution in [3.05, 3.63) is 46.2 Å². The first-order valence-electron chi connectivity index (χ1n) is 6.30. The Kier molecular flexibility index (Phi) is 4.99. The molecule has 1 aromatic heterocycles. The van der Waals surface area contributed by atoms with Crippen molar-refractivity contribution in [2.24, 2.45) is 7.05 Å². The van der Waals surface area contributed by atoms with Crippen molar-refractivity contribution >= 4 is 15.9 Å². The van der Waals surface area contributed by atoms with Gasteiger partial charge in [0.1, 0.15) is 12.4 Å². The van der Waals surface area contributed by atoms with E-state index < -0.39 is 0 Å². The van der Waals surface area contributed by atoms with Crippen LogP contribution < -0.4 is 10.1 Å². The zero-order valence-electron chi connectivity index (χ0n) is 11.2. The molecule has 0 fully saturated rings. The fraction of sp³-hybridized carbons (Fsp3) is 0.357. The molecule has 0 atom stereocenters. The molecule has 0 unspecified atom stereocenters. The molecular weight excluding hydrogens is 306 g/mol. The Labute approximate surface area is 121 Å². The van der Waals surface area contributed by atoms with Gasteiger partial charge < -0.3 is 10.1 Å². The molecule has 4 nitrogen and oxygen atoms in total. The molecule has 0 aliphatic heterocycles. The third-order valence-corrected chi connectivity index (χ3v) is 3.37. The van der Waals surface area contributed by atoms with E-state index in [0.29, 0.717) is 6.61 Å². The molecule has 0 saturated carbocycles. The summed E-state index contributed by atoms with van der Waals surface area (Å²) >= 11 is 3.54. The molecule has 0 bridgehead atoms. The number of aromatic nitrogens is 2. The van der Waals surface area contributed by atoms with E-state index in [1.165, 1.54) is 0 Å². The van der Waals surface area contributed by atoms with E-state index in [4.69, 9.17) is 4.74 Å². The molecule has 0 spiro atoms. The van der Waals surface area contributed by atoms with E-state index in [-0.39, 0.29) is 0 Å². The zero-order chi connectivity index (χ0) is 13.7. The summed E-state index contributed by atoms with van der Waals surface area (Å²) in [5.41, 5.74) is 2.07. The van der Waals surface area contributed by atoms with Gasteiger partial charge in [0, 0.05) is 25.4 Å². The van der Waals surface area contributed by atoms with Gasteiger partial charge in [-0.15, -0.1) is 0 Å². The lowest BCUT2D eigenvalue weighted by molar-refractivity contribution is 0.294. The second-order valence-electron chi connectivity index (χ2n) is 4.28. The van der Waals surface area contributed by atoms with Crippen molar-refractivity contribution in [3.63, 3.8) is 0 Å². The smallest absolute Gasteiger partial charge is 0.138 e. The van der Waals surface area contributed by atoms with Gasteiger partial charge in [0.2, 0.25) is 0 Å². The molecule has 2 aromatic rings. The molecule has 1 N–H and O–H groups in total. The van der Waals surface area contributed by atoms with Crippen molar-refractivity contribution in [3.8, 4) is 5.75 Å². The van der Waals surface area contributed by atoms with Gasteiger partial charge in [0.25, 0.3) is 0 Å². The quantitative estimate of drug-likeness (QED) is 0.888. The Bertz CT molecular complexity index is 539. The minimum atomic E-state index is 0.475. The van der Waals surface area contributed by atoms with Crippen LogP contribution in [-0.2, 0) is 20.2 Å². The van der Waals surface area contributed by atoms with Gasteiger partial charge >= 0.3 is 0 Å². The molecule has 0 aliphatic rings. The number of ether oxygens (including phenoxy) is 1. The second-order valence-corrected chi connectivity index (χ2v) is 5.13. The minimum Gasteiger partial charge on any atom is -0.486 e. The Morgan fingerprint density at radius 1 is 1.37 bits per heavy atom. The first kappa shape index (κ1) is 14.1. The van der Waals surface area contributed by atoms with Crippen LogP contribution in [0.2, 0.25) is 0 Å². The Morgan fingerprint density at radius 3 is 2.89 bits per heavy atom. The fourth-order valence-electron chi connectivity index (χ4n) is 1.80. The number of aryl methyl sites for hydroxylation is 1. The van der Waals surface area contributed by atoms with E-state index in [9.17, 15) is 0 Å². The van der Waals surface area contributed by atoms with Crippen LogP contribution in [0.1, 0.15) is 18.2 Å². The van der Waals surface area contributed by atoms with Crippen molar-refractivity contribution in [2.75, 3.05) is 6.54 Å². The lowest BCUT2D eigenvalue weighted by Crippen LogP contribution is -2.13.